The Morgan fingerprint density at radius 2 is 2.07 bits per heavy atom. The third kappa shape index (κ3) is 3.93. The standard InChI is InChI=1S/C21H24FN5O2/c1-26-17-10-14(11-23-20(17)24-13-19(26)28)21(29)25-12-18(27-8-4-5-9-27)15-6-2-3-7-16(15)22/h2-3,6-7,10-11,18H,4-5,8-9,12-13H2,1H3,(H,23,24)(H,25,29). The van der Waals surface area contributed by atoms with Crippen LogP contribution in [0, 0.1) is 5.82 Å². The molecule has 1 aromatic carbocycles. The highest BCUT2D eigenvalue weighted by molar-refractivity contribution is 6.03. The monoisotopic (exact) mass is 397 g/mol. The van der Waals surface area contributed by atoms with Gasteiger partial charge >= 0.3 is 0 Å². The molecule has 2 N–H and O–H groups in total. The van der Waals surface area contributed by atoms with Gasteiger partial charge in [-0.25, -0.2) is 9.37 Å². The summed E-state index contributed by atoms with van der Waals surface area (Å²) < 4.78 is 14.4. The van der Waals surface area contributed by atoms with Crippen molar-refractivity contribution in [3.05, 3.63) is 53.5 Å². The molecule has 2 amide bonds. The molecule has 0 aliphatic carbocycles. The summed E-state index contributed by atoms with van der Waals surface area (Å²) in [7, 11) is 1.66. The van der Waals surface area contributed by atoms with Crippen LogP contribution in [0.1, 0.15) is 34.8 Å². The van der Waals surface area contributed by atoms with Crippen LogP contribution in [-0.4, -0.2) is 54.9 Å². The van der Waals surface area contributed by atoms with Gasteiger partial charge in [0.05, 0.1) is 23.8 Å². The highest BCUT2D eigenvalue weighted by Gasteiger charge is 2.27. The molecular formula is C21H24FN5O2. The van der Waals surface area contributed by atoms with E-state index in [-0.39, 0.29) is 30.2 Å². The average Bonchev–Trinajstić information content (AvgIpc) is 3.26. The van der Waals surface area contributed by atoms with E-state index in [1.807, 2.05) is 6.07 Å². The van der Waals surface area contributed by atoms with Crippen molar-refractivity contribution in [2.75, 3.05) is 43.4 Å². The minimum Gasteiger partial charge on any atom is -0.359 e. The maximum Gasteiger partial charge on any atom is 0.252 e. The Kier molecular flexibility index (Phi) is 5.44. The molecule has 1 saturated heterocycles. The van der Waals surface area contributed by atoms with Crippen LogP contribution >= 0.6 is 0 Å². The summed E-state index contributed by atoms with van der Waals surface area (Å²) in [6, 6.07) is 8.14. The number of pyridine rings is 1. The number of nitrogens with zero attached hydrogens (tertiary/aromatic N) is 3. The number of likely N-dealkylation sites (N-methyl/N-ethyl adjacent to an activating group) is 1. The van der Waals surface area contributed by atoms with Gasteiger partial charge in [-0.05, 0) is 38.1 Å². The molecule has 1 fully saturated rings. The SMILES string of the molecule is CN1C(=O)CNc2ncc(C(=O)NCC(c3ccccc3F)N3CCCC3)cc21. The van der Waals surface area contributed by atoms with E-state index >= 15 is 0 Å². The summed E-state index contributed by atoms with van der Waals surface area (Å²) in [5.74, 6) is -0.0805. The van der Waals surface area contributed by atoms with Crippen molar-refractivity contribution in [1.29, 1.82) is 0 Å². The number of halogens is 1. The van der Waals surface area contributed by atoms with Gasteiger partial charge in [0.1, 0.15) is 11.6 Å². The van der Waals surface area contributed by atoms with Crippen LogP contribution in [0.4, 0.5) is 15.9 Å². The van der Waals surface area contributed by atoms with E-state index < -0.39 is 0 Å². The topological polar surface area (TPSA) is 77.6 Å². The number of aromatic nitrogens is 1. The molecule has 0 radical (unpaired) electrons. The molecule has 0 bridgehead atoms. The molecule has 29 heavy (non-hydrogen) atoms. The molecule has 152 valence electrons. The summed E-state index contributed by atoms with van der Waals surface area (Å²) in [4.78, 5) is 32.6. The third-order valence-electron chi connectivity index (χ3n) is 5.57. The Balaban J connectivity index is 1.51. The fraction of sp³-hybridized carbons (Fsp3) is 0.381. The number of carbonyl (C=O) groups is 2. The molecule has 1 aromatic heterocycles. The van der Waals surface area contributed by atoms with Gasteiger partial charge in [0.2, 0.25) is 5.91 Å². The molecule has 7 nitrogen and oxygen atoms in total. The summed E-state index contributed by atoms with van der Waals surface area (Å²) in [5, 5.41) is 5.86. The van der Waals surface area contributed by atoms with Crippen LogP contribution in [0.15, 0.2) is 36.5 Å². The number of fused-ring (bicyclic) bond motifs is 1. The van der Waals surface area contributed by atoms with Gasteiger partial charge in [-0.15, -0.1) is 0 Å². The molecule has 4 rings (SSSR count). The van der Waals surface area contributed by atoms with E-state index in [9.17, 15) is 14.0 Å². The van der Waals surface area contributed by atoms with Crippen molar-refractivity contribution < 1.29 is 14.0 Å². The van der Waals surface area contributed by atoms with E-state index in [2.05, 4.69) is 20.5 Å². The zero-order valence-electron chi connectivity index (χ0n) is 16.3. The van der Waals surface area contributed by atoms with Gasteiger partial charge in [0, 0.05) is 25.4 Å². The smallest absolute Gasteiger partial charge is 0.252 e. The summed E-state index contributed by atoms with van der Waals surface area (Å²) in [5.41, 5.74) is 1.52. The first-order valence-electron chi connectivity index (χ1n) is 9.82. The number of benzene rings is 1. The van der Waals surface area contributed by atoms with Crippen LogP contribution in [0.5, 0.6) is 0 Å². The molecule has 8 heteroatoms. The third-order valence-corrected chi connectivity index (χ3v) is 5.57. The normalized spacial score (nSPS) is 17.6. The van der Waals surface area contributed by atoms with Crippen LogP contribution < -0.4 is 15.5 Å². The second-order valence-electron chi connectivity index (χ2n) is 7.39. The number of likely N-dealkylation sites (tertiary alicyclic amines) is 1. The summed E-state index contributed by atoms with van der Waals surface area (Å²) in [6.07, 6.45) is 3.63. The van der Waals surface area contributed by atoms with E-state index in [4.69, 9.17) is 0 Å². The second-order valence-corrected chi connectivity index (χ2v) is 7.39. The number of anilines is 2. The predicted octanol–water partition coefficient (Wildman–Crippen LogP) is 2.18. The zero-order valence-corrected chi connectivity index (χ0v) is 16.3. The Bertz CT molecular complexity index is 929. The fourth-order valence-electron chi connectivity index (χ4n) is 3.91. The number of amides is 2. The molecule has 2 aliphatic rings. The van der Waals surface area contributed by atoms with Crippen molar-refractivity contribution >= 4 is 23.3 Å². The van der Waals surface area contributed by atoms with Crippen LogP contribution in [0.2, 0.25) is 0 Å². The molecule has 0 spiro atoms. The van der Waals surface area contributed by atoms with E-state index in [0.29, 0.717) is 29.2 Å². The maximum absolute atomic E-state index is 14.4. The summed E-state index contributed by atoms with van der Waals surface area (Å²) >= 11 is 0. The first-order chi connectivity index (χ1) is 14.0. The van der Waals surface area contributed by atoms with E-state index in [1.165, 1.54) is 17.2 Å². The minimum absolute atomic E-state index is 0.0921. The Hall–Kier alpha value is -3.00. The molecule has 1 unspecified atom stereocenters. The molecule has 3 heterocycles. The van der Waals surface area contributed by atoms with E-state index in [0.717, 1.165) is 25.9 Å². The number of rotatable bonds is 5. The molecular weight excluding hydrogens is 373 g/mol. The summed E-state index contributed by atoms with van der Waals surface area (Å²) in [6.45, 7) is 2.24. The van der Waals surface area contributed by atoms with Gasteiger partial charge in [0.25, 0.3) is 5.91 Å². The van der Waals surface area contributed by atoms with Crippen molar-refractivity contribution in [2.45, 2.75) is 18.9 Å². The van der Waals surface area contributed by atoms with Crippen LogP contribution in [0.3, 0.4) is 0 Å². The van der Waals surface area contributed by atoms with Crippen LogP contribution in [-0.2, 0) is 4.79 Å². The van der Waals surface area contributed by atoms with E-state index in [1.54, 1.807) is 25.2 Å². The van der Waals surface area contributed by atoms with Gasteiger partial charge in [-0.2, -0.15) is 0 Å². The van der Waals surface area contributed by atoms with Gasteiger partial charge in [-0.1, -0.05) is 18.2 Å². The first-order valence-corrected chi connectivity index (χ1v) is 9.82. The van der Waals surface area contributed by atoms with Crippen molar-refractivity contribution in [3.8, 4) is 0 Å². The molecule has 2 aliphatic heterocycles. The van der Waals surface area contributed by atoms with Crippen molar-refractivity contribution in [1.82, 2.24) is 15.2 Å². The number of hydrogen-bond acceptors (Lipinski definition) is 5. The van der Waals surface area contributed by atoms with Crippen molar-refractivity contribution in [3.63, 3.8) is 0 Å². The number of hydrogen-bond donors (Lipinski definition) is 2. The van der Waals surface area contributed by atoms with Gasteiger partial charge in [0.15, 0.2) is 0 Å². The lowest BCUT2D eigenvalue weighted by Gasteiger charge is -2.29. The molecule has 1 atom stereocenters. The molecule has 2 aromatic rings. The first kappa shape index (κ1) is 19.3. The zero-order chi connectivity index (χ0) is 20.4. The average molecular weight is 397 g/mol. The largest absolute Gasteiger partial charge is 0.359 e. The Labute approximate surface area is 168 Å². The minimum atomic E-state index is -0.299. The van der Waals surface area contributed by atoms with Crippen LogP contribution in [0.25, 0.3) is 0 Å². The number of carbonyl (C=O) groups excluding carboxylic acids is 2. The predicted molar refractivity (Wildman–Crippen MR) is 108 cm³/mol. The lowest BCUT2D eigenvalue weighted by Crippen LogP contribution is -2.38. The fourth-order valence-corrected chi connectivity index (χ4v) is 3.91. The lowest BCUT2D eigenvalue weighted by molar-refractivity contribution is -0.116. The maximum atomic E-state index is 14.4. The highest BCUT2D eigenvalue weighted by Crippen LogP contribution is 2.28. The quantitative estimate of drug-likeness (QED) is 0.809. The Morgan fingerprint density at radius 3 is 2.83 bits per heavy atom. The highest BCUT2D eigenvalue weighted by atomic mass is 19.1. The van der Waals surface area contributed by atoms with Gasteiger partial charge in [-0.3, -0.25) is 14.5 Å². The second kappa shape index (κ2) is 8.16. The molecule has 0 saturated carbocycles. The number of nitrogens with one attached hydrogen (secondary N) is 2. The van der Waals surface area contributed by atoms with Gasteiger partial charge < -0.3 is 15.5 Å². The Morgan fingerprint density at radius 1 is 1.31 bits per heavy atom. The lowest BCUT2D eigenvalue weighted by atomic mass is 10.0. The van der Waals surface area contributed by atoms with Crippen molar-refractivity contribution in [2.24, 2.45) is 0 Å².